The Bertz CT molecular complexity index is 868. The number of rotatable bonds is 8. The number of nitro benzene ring substituents is 1. The van der Waals surface area contributed by atoms with Gasteiger partial charge in [-0.1, -0.05) is 13.0 Å². The molecule has 0 spiro atoms. The van der Waals surface area contributed by atoms with Crippen LogP contribution in [0.15, 0.2) is 47.4 Å². The average Bonchev–Trinajstić information content (AvgIpc) is 2.65. The Morgan fingerprint density at radius 2 is 1.82 bits per heavy atom. The molecule has 2 aromatic rings. The summed E-state index contributed by atoms with van der Waals surface area (Å²) in [5.41, 5.74) is 1.83. The Morgan fingerprint density at radius 1 is 1.14 bits per heavy atom. The van der Waals surface area contributed by atoms with Gasteiger partial charge in [-0.25, -0.2) is 0 Å². The third kappa shape index (κ3) is 6.09. The molecule has 0 aliphatic rings. The van der Waals surface area contributed by atoms with E-state index in [0.29, 0.717) is 17.8 Å². The summed E-state index contributed by atoms with van der Waals surface area (Å²) in [4.78, 5) is 35.4. The predicted octanol–water partition coefficient (Wildman–Crippen LogP) is 4.76. The maximum absolute atomic E-state index is 12.5. The second-order valence-corrected chi connectivity index (χ2v) is 7.74. The van der Waals surface area contributed by atoms with Crippen LogP contribution in [0.2, 0.25) is 0 Å². The molecule has 0 saturated heterocycles. The fourth-order valence-electron chi connectivity index (χ4n) is 2.42. The molecule has 2 N–H and O–H groups in total. The number of carbonyl (C=O) groups is 2. The Kier molecular flexibility index (Phi) is 7.57. The van der Waals surface area contributed by atoms with Gasteiger partial charge in [-0.15, -0.1) is 11.8 Å². The molecule has 2 aromatic carbocycles. The molecule has 0 radical (unpaired) electrons. The predicted molar refractivity (Wildman–Crippen MR) is 112 cm³/mol. The first kappa shape index (κ1) is 21.4. The molecule has 2 amide bonds. The van der Waals surface area contributed by atoms with Crippen molar-refractivity contribution in [2.24, 2.45) is 0 Å². The van der Waals surface area contributed by atoms with Gasteiger partial charge in [-0.05, 0) is 50.1 Å². The van der Waals surface area contributed by atoms with Crippen LogP contribution in [0.3, 0.4) is 0 Å². The van der Waals surface area contributed by atoms with Gasteiger partial charge in [0.25, 0.3) is 5.69 Å². The summed E-state index contributed by atoms with van der Waals surface area (Å²) < 4.78 is 0. The Hall–Kier alpha value is -2.87. The molecule has 0 bridgehead atoms. The van der Waals surface area contributed by atoms with Crippen molar-refractivity contribution in [3.05, 3.63) is 58.1 Å². The molecule has 8 heteroatoms. The molecule has 1 unspecified atom stereocenters. The molecular formula is C20H23N3O4S. The maximum Gasteiger partial charge on any atom is 0.271 e. The van der Waals surface area contributed by atoms with Crippen molar-refractivity contribution >= 4 is 40.6 Å². The smallest absolute Gasteiger partial charge is 0.271 e. The van der Waals surface area contributed by atoms with Crippen LogP contribution in [0.5, 0.6) is 0 Å². The fourth-order valence-corrected chi connectivity index (χ4v) is 3.29. The zero-order valence-corrected chi connectivity index (χ0v) is 16.8. The molecule has 0 aliphatic carbocycles. The van der Waals surface area contributed by atoms with Gasteiger partial charge in [-0.3, -0.25) is 19.7 Å². The molecule has 7 nitrogen and oxygen atoms in total. The van der Waals surface area contributed by atoms with E-state index in [9.17, 15) is 19.7 Å². The van der Waals surface area contributed by atoms with Gasteiger partial charge < -0.3 is 10.6 Å². The van der Waals surface area contributed by atoms with Gasteiger partial charge in [0.05, 0.1) is 15.9 Å². The normalized spacial score (nSPS) is 11.5. The summed E-state index contributed by atoms with van der Waals surface area (Å²) in [6.45, 7) is 5.49. The van der Waals surface area contributed by atoms with Crippen LogP contribution in [0.4, 0.5) is 17.1 Å². The van der Waals surface area contributed by atoms with Gasteiger partial charge in [0.1, 0.15) is 0 Å². The Balaban J connectivity index is 1.98. The van der Waals surface area contributed by atoms with E-state index in [1.165, 1.54) is 23.9 Å². The Labute approximate surface area is 168 Å². The van der Waals surface area contributed by atoms with Crippen LogP contribution in [-0.2, 0) is 9.59 Å². The minimum absolute atomic E-state index is 0.0250. The number of thioether (sulfide) groups is 1. The van der Waals surface area contributed by atoms with Crippen LogP contribution >= 0.6 is 11.8 Å². The first-order valence-electron chi connectivity index (χ1n) is 8.92. The second kappa shape index (κ2) is 9.89. The topological polar surface area (TPSA) is 101 Å². The number of hydrogen-bond donors (Lipinski definition) is 2. The molecule has 2 rings (SSSR count). The van der Waals surface area contributed by atoms with Crippen LogP contribution in [-0.4, -0.2) is 22.0 Å². The number of nitro groups is 1. The fraction of sp³-hybridized carbons (Fsp3) is 0.300. The molecule has 1 atom stereocenters. The van der Waals surface area contributed by atoms with E-state index < -0.39 is 10.2 Å². The van der Waals surface area contributed by atoms with E-state index >= 15 is 0 Å². The number of hydrogen-bond acceptors (Lipinski definition) is 5. The van der Waals surface area contributed by atoms with Crippen LogP contribution < -0.4 is 10.6 Å². The number of non-ortho nitro benzene ring substituents is 1. The van der Waals surface area contributed by atoms with Crippen LogP contribution in [0.1, 0.15) is 32.3 Å². The SMILES string of the molecule is CCCC(=O)Nc1ccc(SC(C)C(=O)Nc2cc([N+](=O)[O-])ccc2C)cc1. The first-order valence-corrected chi connectivity index (χ1v) is 9.80. The lowest BCUT2D eigenvalue weighted by Crippen LogP contribution is -2.22. The highest BCUT2D eigenvalue weighted by atomic mass is 32.2. The monoisotopic (exact) mass is 401 g/mol. The number of benzene rings is 2. The highest BCUT2D eigenvalue weighted by molar-refractivity contribution is 8.00. The number of aryl methyl sites for hydroxylation is 1. The summed E-state index contributed by atoms with van der Waals surface area (Å²) in [6, 6.07) is 11.7. The van der Waals surface area contributed by atoms with Crippen LogP contribution in [0.25, 0.3) is 0 Å². The molecule has 0 aromatic heterocycles. The summed E-state index contributed by atoms with van der Waals surface area (Å²) >= 11 is 1.37. The third-order valence-corrected chi connectivity index (χ3v) is 5.10. The molecular weight excluding hydrogens is 378 g/mol. The van der Waals surface area contributed by atoms with Crippen molar-refractivity contribution in [2.75, 3.05) is 10.6 Å². The molecule has 0 saturated carbocycles. The molecule has 0 fully saturated rings. The molecule has 0 heterocycles. The zero-order chi connectivity index (χ0) is 20.7. The van der Waals surface area contributed by atoms with Crippen LogP contribution in [0, 0.1) is 17.0 Å². The lowest BCUT2D eigenvalue weighted by molar-refractivity contribution is -0.384. The summed E-state index contributed by atoms with van der Waals surface area (Å²) in [5.74, 6) is -0.267. The standard InChI is InChI=1S/C20H23N3O4S/c1-4-5-19(24)21-15-7-10-17(11-8-15)28-14(3)20(25)22-18-12-16(23(26)27)9-6-13(18)2/h6-12,14H,4-5H2,1-3H3,(H,21,24)(H,22,25). The number of carbonyl (C=O) groups excluding carboxylic acids is 2. The average molecular weight is 401 g/mol. The van der Waals surface area contributed by atoms with Crippen molar-refractivity contribution in [1.82, 2.24) is 0 Å². The van der Waals surface area contributed by atoms with Gasteiger partial charge in [0, 0.05) is 29.1 Å². The van der Waals surface area contributed by atoms with Crippen molar-refractivity contribution < 1.29 is 14.5 Å². The van der Waals surface area contributed by atoms with Gasteiger partial charge in [0.15, 0.2) is 0 Å². The van der Waals surface area contributed by atoms with E-state index in [0.717, 1.165) is 16.9 Å². The number of nitrogens with one attached hydrogen (secondary N) is 2. The zero-order valence-electron chi connectivity index (χ0n) is 16.0. The molecule has 148 valence electrons. The summed E-state index contributed by atoms with van der Waals surface area (Å²) in [5, 5.41) is 16.1. The molecule has 28 heavy (non-hydrogen) atoms. The highest BCUT2D eigenvalue weighted by Crippen LogP contribution is 2.27. The second-order valence-electron chi connectivity index (χ2n) is 6.33. The van der Waals surface area contributed by atoms with Gasteiger partial charge in [-0.2, -0.15) is 0 Å². The van der Waals surface area contributed by atoms with E-state index in [4.69, 9.17) is 0 Å². The largest absolute Gasteiger partial charge is 0.326 e. The summed E-state index contributed by atoms with van der Waals surface area (Å²) in [7, 11) is 0. The lowest BCUT2D eigenvalue weighted by atomic mass is 10.2. The third-order valence-electron chi connectivity index (χ3n) is 3.99. The van der Waals surface area contributed by atoms with E-state index in [1.807, 2.05) is 19.1 Å². The van der Waals surface area contributed by atoms with E-state index in [1.54, 1.807) is 32.0 Å². The van der Waals surface area contributed by atoms with Gasteiger partial charge in [0.2, 0.25) is 11.8 Å². The van der Waals surface area contributed by atoms with Crippen molar-refractivity contribution in [2.45, 2.75) is 43.8 Å². The summed E-state index contributed by atoms with van der Waals surface area (Å²) in [6.07, 6.45) is 1.27. The van der Waals surface area contributed by atoms with Crippen molar-refractivity contribution in [3.8, 4) is 0 Å². The highest BCUT2D eigenvalue weighted by Gasteiger charge is 2.17. The van der Waals surface area contributed by atoms with E-state index in [2.05, 4.69) is 10.6 Å². The quantitative estimate of drug-likeness (QED) is 0.377. The molecule has 0 aliphatic heterocycles. The van der Waals surface area contributed by atoms with Gasteiger partial charge >= 0.3 is 0 Å². The maximum atomic E-state index is 12.5. The van der Waals surface area contributed by atoms with Crippen molar-refractivity contribution in [3.63, 3.8) is 0 Å². The first-order chi connectivity index (χ1) is 13.3. The number of amides is 2. The minimum atomic E-state index is -0.492. The number of nitrogens with zero attached hydrogens (tertiary/aromatic N) is 1. The Morgan fingerprint density at radius 3 is 2.43 bits per heavy atom. The van der Waals surface area contributed by atoms with Crippen molar-refractivity contribution in [1.29, 1.82) is 0 Å². The minimum Gasteiger partial charge on any atom is -0.326 e. The number of anilines is 2. The lowest BCUT2D eigenvalue weighted by Gasteiger charge is -2.14. The van der Waals surface area contributed by atoms with E-state index in [-0.39, 0.29) is 17.5 Å².